The lowest BCUT2D eigenvalue weighted by Gasteiger charge is -2.33. The van der Waals surface area contributed by atoms with Gasteiger partial charge in [-0.1, -0.05) is 81.4 Å². The van der Waals surface area contributed by atoms with E-state index < -0.39 is 20.1 Å². The highest BCUT2D eigenvalue weighted by atomic mass is 28.4. The largest absolute Gasteiger partial charge is 0.442 e. The van der Waals surface area contributed by atoms with Gasteiger partial charge in [0, 0.05) is 0 Å². The number of esters is 1. The van der Waals surface area contributed by atoms with Crippen molar-refractivity contribution in [3.05, 3.63) is 77.5 Å². The molecule has 3 rings (SSSR count). The van der Waals surface area contributed by atoms with Gasteiger partial charge in [0.15, 0.2) is 8.32 Å². The molecule has 2 aromatic rings. The predicted molar refractivity (Wildman–Crippen MR) is 118 cm³/mol. The molecule has 1 atom stereocenters. The molecular weight excluding hydrogens is 380 g/mol. The molecule has 154 valence electrons. The van der Waals surface area contributed by atoms with E-state index in [2.05, 4.69) is 20.8 Å². The highest BCUT2D eigenvalue weighted by molar-refractivity contribution is 6.73. The van der Waals surface area contributed by atoms with Crippen LogP contribution in [0.2, 0.25) is 18.1 Å². The zero-order valence-corrected chi connectivity index (χ0v) is 18.5. The number of rotatable bonds is 9. The normalized spacial score (nSPS) is 20.5. The number of benzene rings is 2. The van der Waals surface area contributed by atoms with Gasteiger partial charge in [-0.05, 0) is 35.3 Å². The molecule has 0 radical (unpaired) electrons. The van der Waals surface area contributed by atoms with Crippen LogP contribution in [0, 0.1) is 0 Å². The number of cyclic esters (lactones) is 1. The molecule has 1 aliphatic heterocycles. The minimum absolute atomic E-state index is 0.229. The van der Waals surface area contributed by atoms with Gasteiger partial charge in [-0.25, -0.2) is 4.79 Å². The van der Waals surface area contributed by atoms with E-state index in [1.54, 1.807) is 6.08 Å². The Labute approximate surface area is 174 Å². The van der Waals surface area contributed by atoms with Crippen molar-refractivity contribution < 1.29 is 18.7 Å². The molecule has 0 unspecified atom stereocenters. The molecule has 2 aromatic carbocycles. The second kappa shape index (κ2) is 9.42. The average Bonchev–Trinajstić information content (AvgIpc) is 3.06. The quantitative estimate of drug-likeness (QED) is 0.308. The summed E-state index contributed by atoms with van der Waals surface area (Å²) < 4.78 is 18.5. The minimum Gasteiger partial charge on any atom is -0.442 e. The van der Waals surface area contributed by atoms with E-state index in [0.717, 1.165) is 29.3 Å². The van der Waals surface area contributed by atoms with E-state index in [1.807, 2.05) is 60.7 Å². The summed E-state index contributed by atoms with van der Waals surface area (Å²) in [5, 5.41) is 0. The lowest BCUT2D eigenvalue weighted by atomic mass is 10.1. The third-order valence-electron chi connectivity index (χ3n) is 5.72. The first kappa shape index (κ1) is 21.3. The summed E-state index contributed by atoms with van der Waals surface area (Å²) in [5.41, 5.74) is 1.94. The Balaban J connectivity index is 1.87. The van der Waals surface area contributed by atoms with Gasteiger partial charge in [0.05, 0.1) is 6.42 Å². The maximum atomic E-state index is 12.7. The van der Waals surface area contributed by atoms with Gasteiger partial charge in [-0.15, -0.1) is 0 Å². The Bertz CT molecular complexity index is 822. The highest BCUT2D eigenvalue weighted by Gasteiger charge is 2.48. The van der Waals surface area contributed by atoms with Crippen LogP contribution >= 0.6 is 0 Å². The van der Waals surface area contributed by atoms with Crippen LogP contribution in [0.3, 0.4) is 0 Å². The van der Waals surface area contributed by atoms with Crippen molar-refractivity contribution >= 4 is 20.4 Å². The van der Waals surface area contributed by atoms with E-state index in [4.69, 9.17) is 13.9 Å². The van der Waals surface area contributed by atoms with E-state index in [0.29, 0.717) is 6.42 Å². The van der Waals surface area contributed by atoms with E-state index in [9.17, 15) is 4.79 Å². The van der Waals surface area contributed by atoms with Crippen LogP contribution in [0.5, 0.6) is 0 Å². The van der Waals surface area contributed by atoms with Gasteiger partial charge in [0.25, 0.3) is 5.79 Å². The Morgan fingerprint density at radius 2 is 1.48 bits per heavy atom. The molecule has 0 aliphatic carbocycles. The van der Waals surface area contributed by atoms with Crippen molar-refractivity contribution in [1.29, 1.82) is 0 Å². The Morgan fingerprint density at radius 1 is 0.897 bits per heavy atom. The van der Waals surface area contributed by atoms with Crippen molar-refractivity contribution in [2.24, 2.45) is 0 Å². The topological polar surface area (TPSA) is 44.8 Å². The molecule has 0 amide bonds. The van der Waals surface area contributed by atoms with Crippen LogP contribution in [0.15, 0.2) is 66.4 Å². The maximum Gasteiger partial charge on any atom is 0.377 e. The third-order valence-corrected chi connectivity index (χ3v) is 10.3. The van der Waals surface area contributed by atoms with Crippen molar-refractivity contribution in [2.75, 3.05) is 6.61 Å². The number of ether oxygens (including phenoxy) is 2. The van der Waals surface area contributed by atoms with Gasteiger partial charge in [0.1, 0.15) is 6.61 Å². The summed E-state index contributed by atoms with van der Waals surface area (Å²) in [5.74, 6) is -1.34. The maximum absolute atomic E-state index is 12.7. The molecule has 0 spiro atoms. The molecule has 0 N–H and O–H groups in total. The fourth-order valence-corrected chi connectivity index (χ4v) is 6.32. The Kier molecular flexibility index (Phi) is 6.93. The Morgan fingerprint density at radius 3 is 2.07 bits per heavy atom. The van der Waals surface area contributed by atoms with Crippen LogP contribution in [-0.4, -0.2) is 26.7 Å². The zero-order valence-electron chi connectivity index (χ0n) is 17.5. The van der Waals surface area contributed by atoms with Crippen molar-refractivity contribution in [3.63, 3.8) is 0 Å². The summed E-state index contributed by atoms with van der Waals surface area (Å²) >= 11 is 0. The average molecular weight is 411 g/mol. The number of hydrogen-bond acceptors (Lipinski definition) is 4. The van der Waals surface area contributed by atoms with Gasteiger partial charge in [0.2, 0.25) is 5.76 Å². The molecule has 0 aromatic heterocycles. The van der Waals surface area contributed by atoms with Crippen molar-refractivity contribution in [1.82, 2.24) is 0 Å². The van der Waals surface area contributed by atoms with E-state index >= 15 is 0 Å². The first-order chi connectivity index (χ1) is 14.0. The summed E-state index contributed by atoms with van der Waals surface area (Å²) in [6.45, 7) is 6.81. The fourth-order valence-electron chi connectivity index (χ4n) is 3.68. The van der Waals surface area contributed by atoms with Crippen LogP contribution in [0.1, 0.15) is 31.9 Å². The van der Waals surface area contributed by atoms with Gasteiger partial charge < -0.3 is 13.9 Å². The monoisotopic (exact) mass is 410 g/mol. The molecule has 1 saturated heterocycles. The first-order valence-electron chi connectivity index (χ1n) is 10.4. The predicted octanol–water partition coefficient (Wildman–Crippen LogP) is 5.56. The smallest absolute Gasteiger partial charge is 0.377 e. The summed E-state index contributed by atoms with van der Waals surface area (Å²) in [6.07, 6.45) is 2.19. The van der Waals surface area contributed by atoms with Crippen LogP contribution in [0.25, 0.3) is 6.08 Å². The molecule has 1 heterocycles. The lowest BCUT2D eigenvalue weighted by Crippen LogP contribution is -2.45. The molecule has 0 saturated carbocycles. The molecule has 29 heavy (non-hydrogen) atoms. The summed E-state index contributed by atoms with van der Waals surface area (Å²) in [6, 6.07) is 22.7. The van der Waals surface area contributed by atoms with E-state index in [-0.39, 0.29) is 12.4 Å². The standard InChI is InChI=1S/C24H30O4Si/c1-4-29(5-2,6-3)26-19-24(18-21-15-11-8-12-16-21)27-22(23(25)28-24)17-20-13-9-7-10-14-20/h7-17H,4-6,18-19H2,1-3H3/b22-17-/t24-/m1/s1. The molecular formula is C24H30O4Si. The molecule has 0 bridgehead atoms. The zero-order chi connectivity index (χ0) is 20.7. The van der Waals surface area contributed by atoms with Crippen LogP contribution in [0.4, 0.5) is 0 Å². The van der Waals surface area contributed by atoms with Gasteiger partial charge in [-0.3, -0.25) is 0 Å². The van der Waals surface area contributed by atoms with E-state index in [1.165, 1.54) is 0 Å². The third kappa shape index (κ3) is 5.17. The summed E-state index contributed by atoms with van der Waals surface area (Å²) in [7, 11) is -1.86. The molecule has 1 aliphatic rings. The number of hydrogen-bond donors (Lipinski definition) is 0. The molecule has 5 heteroatoms. The molecule has 1 fully saturated rings. The molecule has 4 nitrogen and oxygen atoms in total. The first-order valence-corrected chi connectivity index (χ1v) is 12.9. The second-order valence-corrected chi connectivity index (χ2v) is 12.3. The number of carbonyl (C=O) groups excluding carboxylic acids is 1. The van der Waals surface area contributed by atoms with Crippen molar-refractivity contribution in [2.45, 2.75) is 51.1 Å². The highest BCUT2D eigenvalue weighted by Crippen LogP contribution is 2.34. The SMILES string of the molecule is CC[Si](CC)(CC)OC[C@@]1(Cc2ccccc2)OC(=O)/C(=C/c2ccccc2)O1. The second-order valence-electron chi connectivity index (χ2n) is 7.52. The minimum atomic E-state index is -1.86. The summed E-state index contributed by atoms with van der Waals surface area (Å²) in [4.78, 5) is 12.7. The fraction of sp³-hybridized carbons (Fsp3) is 0.375. The number of carbonyl (C=O) groups is 1. The van der Waals surface area contributed by atoms with Gasteiger partial charge in [-0.2, -0.15) is 0 Å². The van der Waals surface area contributed by atoms with Gasteiger partial charge >= 0.3 is 5.97 Å². The van der Waals surface area contributed by atoms with Crippen molar-refractivity contribution in [3.8, 4) is 0 Å². The van der Waals surface area contributed by atoms with Crippen LogP contribution < -0.4 is 0 Å². The Hall–Kier alpha value is -2.37. The van der Waals surface area contributed by atoms with Crippen LogP contribution in [-0.2, 0) is 25.1 Å². The lowest BCUT2D eigenvalue weighted by molar-refractivity contribution is -0.183.